The van der Waals surface area contributed by atoms with E-state index in [1.807, 2.05) is 24.3 Å². The number of hydrogen-bond acceptors (Lipinski definition) is 3. The molecular formula is C19H19ClFNO2S. The number of benzene rings is 2. The standard InChI is InChI=1S/C19H19ClFNO2S/c20-17-4-1-5-18(21)16(17)12-24-14-8-6-13(7-9-14)19(25)22-11-15-3-2-10-23-15/h1,4-9,15H,2-3,10-12H2,(H,22,25)/t15-/m0/s1. The molecule has 0 saturated carbocycles. The highest BCUT2D eigenvalue weighted by atomic mass is 35.5. The van der Waals surface area contributed by atoms with Crippen molar-refractivity contribution in [2.75, 3.05) is 13.2 Å². The van der Waals surface area contributed by atoms with E-state index in [0.29, 0.717) is 21.3 Å². The van der Waals surface area contributed by atoms with Crippen LogP contribution in [0.3, 0.4) is 0 Å². The molecular weight excluding hydrogens is 361 g/mol. The minimum atomic E-state index is -0.372. The van der Waals surface area contributed by atoms with Gasteiger partial charge in [-0.2, -0.15) is 0 Å². The number of ether oxygens (including phenoxy) is 2. The Morgan fingerprint density at radius 3 is 2.76 bits per heavy atom. The molecule has 1 heterocycles. The molecule has 1 aliphatic heterocycles. The van der Waals surface area contributed by atoms with Crippen molar-refractivity contribution in [1.82, 2.24) is 5.32 Å². The molecule has 1 N–H and O–H groups in total. The highest BCUT2D eigenvalue weighted by molar-refractivity contribution is 7.80. The normalized spacial score (nSPS) is 16.6. The lowest BCUT2D eigenvalue weighted by Crippen LogP contribution is -2.31. The zero-order valence-electron chi connectivity index (χ0n) is 13.6. The summed E-state index contributed by atoms with van der Waals surface area (Å²) < 4.78 is 24.9. The monoisotopic (exact) mass is 379 g/mol. The van der Waals surface area contributed by atoms with Gasteiger partial charge in [0.1, 0.15) is 23.2 Å². The molecule has 25 heavy (non-hydrogen) atoms. The van der Waals surface area contributed by atoms with Crippen molar-refractivity contribution >= 4 is 28.8 Å². The van der Waals surface area contributed by atoms with E-state index in [1.54, 1.807) is 12.1 Å². The third kappa shape index (κ3) is 4.91. The summed E-state index contributed by atoms with van der Waals surface area (Å²) in [6, 6.07) is 12.0. The van der Waals surface area contributed by atoms with Gasteiger partial charge in [0.25, 0.3) is 0 Å². The Morgan fingerprint density at radius 2 is 2.08 bits per heavy atom. The molecule has 2 aromatic rings. The lowest BCUT2D eigenvalue weighted by Gasteiger charge is -2.13. The molecule has 0 spiro atoms. The van der Waals surface area contributed by atoms with Crippen molar-refractivity contribution in [3.63, 3.8) is 0 Å². The van der Waals surface area contributed by atoms with E-state index in [1.165, 1.54) is 6.07 Å². The summed E-state index contributed by atoms with van der Waals surface area (Å²) in [5, 5.41) is 3.59. The van der Waals surface area contributed by atoms with E-state index in [0.717, 1.165) is 31.6 Å². The molecule has 0 bridgehead atoms. The maximum absolute atomic E-state index is 13.7. The molecule has 0 amide bonds. The van der Waals surface area contributed by atoms with Crippen LogP contribution < -0.4 is 10.1 Å². The zero-order chi connectivity index (χ0) is 17.6. The van der Waals surface area contributed by atoms with Gasteiger partial charge in [0.2, 0.25) is 0 Å². The molecule has 1 atom stereocenters. The van der Waals surface area contributed by atoms with Gasteiger partial charge in [-0.1, -0.05) is 29.9 Å². The Bertz CT molecular complexity index is 712. The smallest absolute Gasteiger partial charge is 0.131 e. The van der Waals surface area contributed by atoms with Crippen molar-refractivity contribution in [3.8, 4) is 5.75 Å². The summed E-state index contributed by atoms with van der Waals surface area (Å²) in [6.07, 6.45) is 2.42. The fourth-order valence-electron chi connectivity index (χ4n) is 2.64. The Kier molecular flexibility index (Phi) is 6.24. The second-order valence-electron chi connectivity index (χ2n) is 5.86. The highest BCUT2D eigenvalue weighted by Gasteiger charge is 2.15. The van der Waals surface area contributed by atoms with Gasteiger partial charge in [-0.3, -0.25) is 0 Å². The van der Waals surface area contributed by atoms with Gasteiger partial charge in [-0.15, -0.1) is 0 Å². The number of thiocarbonyl (C=S) groups is 1. The molecule has 0 radical (unpaired) electrons. The molecule has 132 valence electrons. The van der Waals surface area contributed by atoms with Crippen LogP contribution in [0.1, 0.15) is 24.0 Å². The number of hydrogen-bond donors (Lipinski definition) is 1. The molecule has 1 aliphatic rings. The summed E-state index contributed by atoms with van der Waals surface area (Å²) in [7, 11) is 0. The Hall–Kier alpha value is -1.69. The predicted octanol–water partition coefficient (Wildman–Crippen LogP) is 4.50. The van der Waals surface area contributed by atoms with Crippen molar-refractivity contribution in [3.05, 3.63) is 64.4 Å². The minimum Gasteiger partial charge on any atom is -0.489 e. The molecule has 6 heteroatoms. The largest absolute Gasteiger partial charge is 0.489 e. The van der Waals surface area contributed by atoms with Crippen LogP contribution in [-0.4, -0.2) is 24.2 Å². The first-order valence-corrected chi connectivity index (χ1v) is 8.97. The van der Waals surface area contributed by atoms with Crippen LogP contribution in [0.2, 0.25) is 5.02 Å². The highest BCUT2D eigenvalue weighted by Crippen LogP contribution is 2.22. The molecule has 3 rings (SSSR count). The fraction of sp³-hybridized carbons (Fsp3) is 0.316. The van der Waals surface area contributed by atoms with Crippen molar-refractivity contribution in [2.24, 2.45) is 0 Å². The summed E-state index contributed by atoms with van der Waals surface area (Å²) in [4.78, 5) is 0.680. The maximum atomic E-state index is 13.7. The lowest BCUT2D eigenvalue weighted by atomic mass is 10.2. The number of rotatable bonds is 6. The topological polar surface area (TPSA) is 30.5 Å². The number of nitrogens with one attached hydrogen (secondary N) is 1. The Morgan fingerprint density at radius 1 is 1.28 bits per heavy atom. The van der Waals surface area contributed by atoms with E-state index >= 15 is 0 Å². The quantitative estimate of drug-likeness (QED) is 0.748. The third-order valence-corrected chi connectivity index (χ3v) is 4.81. The summed E-state index contributed by atoms with van der Waals surface area (Å²) in [5.74, 6) is 0.258. The van der Waals surface area contributed by atoms with Gasteiger partial charge in [0.15, 0.2) is 0 Å². The molecule has 1 fully saturated rings. The first-order valence-electron chi connectivity index (χ1n) is 8.19. The maximum Gasteiger partial charge on any atom is 0.131 e. The summed E-state index contributed by atoms with van der Waals surface area (Å²) >= 11 is 11.4. The van der Waals surface area contributed by atoms with Gasteiger partial charge in [-0.25, -0.2) is 4.39 Å². The molecule has 2 aromatic carbocycles. The summed E-state index contributed by atoms with van der Waals surface area (Å²) in [6.45, 7) is 1.63. The van der Waals surface area contributed by atoms with Crippen LogP contribution in [0, 0.1) is 5.82 Å². The average molecular weight is 380 g/mol. The van der Waals surface area contributed by atoms with Crippen molar-refractivity contribution in [1.29, 1.82) is 0 Å². The van der Waals surface area contributed by atoms with Gasteiger partial charge in [0.05, 0.1) is 11.1 Å². The minimum absolute atomic E-state index is 0.0760. The van der Waals surface area contributed by atoms with Crippen LogP contribution >= 0.6 is 23.8 Å². The SMILES string of the molecule is Fc1cccc(Cl)c1COc1ccc(C(=S)NC[C@@H]2CCCO2)cc1. The number of halogens is 2. The first kappa shape index (κ1) is 18.1. The second-order valence-corrected chi connectivity index (χ2v) is 6.67. The van der Waals surface area contributed by atoms with E-state index in [4.69, 9.17) is 33.3 Å². The lowest BCUT2D eigenvalue weighted by molar-refractivity contribution is 0.114. The molecule has 0 unspecified atom stereocenters. The summed E-state index contributed by atoms with van der Waals surface area (Å²) in [5.41, 5.74) is 1.26. The molecule has 0 aliphatic carbocycles. The van der Waals surface area contributed by atoms with Crippen LogP contribution in [-0.2, 0) is 11.3 Å². The van der Waals surface area contributed by atoms with Gasteiger partial charge < -0.3 is 14.8 Å². The first-order chi connectivity index (χ1) is 12.1. The van der Waals surface area contributed by atoms with Crippen LogP contribution in [0.4, 0.5) is 4.39 Å². The predicted molar refractivity (Wildman–Crippen MR) is 101 cm³/mol. The average Bonchev–Trinajstić information content (AvgIpc) is 3.13. The van der Waals surface area contributed by atoms with Crippen LogP contribution in [0.15, 0.2) is 42.5 Å². The van der Waals surface area contributed by atoms with Gasteiger partial charge in [0, 0.05) is 24.3 Å². The van der Waals surface area contributed by atoms with E-state index in [2.05, 4.69) is 5.32 Å². The van der Waals surface area contributed by atoms with Crippen LogP contribution in [0.25, 0.3) is 0 Å². The molecule has 0 aromatic heterocycles. The zero-order valence-corrected chi connectivity index (χ0v) is 15.2. The van der Waals surface area contributed by atoms with E-state index in [9.17, 15) is 4.39 Å². The van der Waals surface area contributed by atoms with Gasteiger partial charge in [-0.05, 0) is 49.2 Å². The van der Waals surface area contributed by atoms with Crippen molar-refractivity contribution in [2.45, 2.75) is 25.6 Å². The second kappa shape index (κ2) is 8.61. The molecule has 1 saturated heterocycles. The fourth-order valence-corrected chi connectivity index (χ4v) is 3.08. The Labute approximate surface area is 157 Å². The Balaban J connectivity index is 1.53. The van der Waals surface area contributed by atoms with E-state index < -0.39 is 0 Å². The van der Waals surface area contributed by atoms with Crippen LogP contribution in [0.5, 0.6) is 5.75 Å². The van der Waals surface area contributed by atoms with Crippen molar-refractivity contribution < 1.29 is 13.9 Å². The van der Waals surface area contributed by atoms with E-state index in [-0.39, 0.29) is 18.5 Å². The molecule has 3 nitrogen and oxygen atoms in total. The van der Waals surface area contributed by atoms with Gasteiger partial charge >= 0.3 is 0 Å². The third-order valence-electron chi connectivity index (χ3n) is 4.08.